The van der Waals surface area contributed by atoms with Gasteiger partial charge in [0.05, 0.1) is 5.92 Å². The summed E-state index contributed by atoms with van der Waals surface area (Å²) in [5.74, 6) is -11.8. The first-order chi connectivity index (χ1) is 19.6. The highest BCUT2D eigenvalue weighted by Crippen LogP contribution is 2.44. The minimum atomic E-state index is -1.32. The molecule has 0 aliphatic heterocycles. The summed E-state index contributed by atoms with van der Waals surface area (Å²) in [5, 5.41) is 18.7. The second-order valence-electron chi connectivity index (χ2n) is 10.9. The second-order valence-corrected chi connectivity index (χ2v) is 10.9. The number of halogens is 6. The molecule has 41 heavy (non-hydrogen) atoms. The van der Waals surface area contributed by atoms with Crippen molar-refractivity contribution in [3.8, 4) is 17.2 Å². The Morgan fingerprint density at radius 2 is 0.902 bits per heavy atom. The molecular formula is C31H28F6O4. The van der Waals surface area contributed by atoms with Crippen molar-refractivity contribution in [2.24, 2.45) is 5.92 Å². The molecule has 0 saturated heterocycles. The van der Waals surface area contributed by atoms with Crippen molar-refractivity contribution in [3.63, 3.8) is 0 Å². The van der Waals surface area contributed by atoms with Gasteiger partial charge in [-0.15, -0.1) is 0 Å². The van der Waals surface area contributed by atoms with Crippen LogP contribution in [0.2, 0.25) is 0 Å². The number of phenolic OH excluding ortho intramolecular Hbond substituents is 2. The van der Waals surface area contributed by atoms with Crippen molar-refractivity contribution in [2.45, 2.75) is 69.1 Å². The number of carbonyl (C=O) groups is 1. The fraction of sp³-hybridized carbons (Fsp3) is 0.387. The Hall–Kier alpha value is -3.69. The van der Waals surface area contributed by atoms with E-state index in [4.69, 9.17) is 4.74 Å². The Morgan fingerprint density at radius 1 is 0.537 bits per heavy atom. The van der Waals surface area contributed by atoms with Crippen LogP contribution < -0.4 is 4.74 Å². The van der Waals surface area contributed by atoms with E-state index in [9.17, 15) is 37.0 Å². The molecule has 3 aromatic carbocycles. The van der Waals surface area contributed by atoms with Crippen molar-refractivity contribution in [3.05, 3.63) is 88.0 Å². The van der Waals surface area contributed by atoms with E-state index in [0.29, 0.717) is 38.5 Å². The van der Waals surface area contributed by atoms with Crippen molar-refractivity contribution in [2.75, 3.05) is 0 Å². The molecule has 5 rings (SSSR count). The molecule has 2 saturated carbocycles. The van der Waals surface area contributed by atoms with Crippen molar-refractivity contribution >= 4 is 5.97 Å². The summed E-state index contributed by atoms with van der Waals surface area (Å²) in [5.41, 5.74) is 0.369. The van der Waals surface area contributed by atoms with Crippen LogP contribution in [0.1, 0.15) is 85.8 Å². The van der Waals surface area contributed by atoms with E-state index in [1.54, 1.807) is 0 Å². The van der Waals surface area contributed by atoms with Crippen LogP contribution in [-0.4, -0.2) is 16.2 Å². The number of aromatic hydroxyl groups is 2. The Labute approximate surface area is 232 Å². The minimum absolute atomic E-state index is 0.113. The Morgan fingerprint density at radius 3 is 1.34 bits per heavy atom. The molecule has 10 heteroatoms. The molecule has 2 N–H and O–H groups in total. The zero-order valence-corrected chi connectivity index (χ0v) is 21.9. The van der Waals surface area contributed by atoms with E-state index in [1.165, 1.54) is 24.3 Å². The molecule has 0 amide bonds. The molecule has 3 aromatic rings. The summed E-state index contributed by atoms with van der Waals surface area (Å²) in [7, 11) is 0. The van der Waals surface area contributed by atoms with Gasteiger partial charge < -0.3 is 14.9 Å². The fourth-order valence-electron chi connectivity index (χ4n) is 6.23. The molecule has 4 nitrogen and oxygen atoms in total. The van der Waals surface area contributed by atoms with Crippen LogP contribution in [0, 0.1) is 40.8 Å². The van der Waals surface area contributed by atoms with Crippen LogP contribution in [-0.2, 0) is 4.79 Å². The summed E-state index contributed by atoms with van der Waals surface area (Å²) >= 11 is 0. The molecule has 0 spiro atoms. The van der Waals surface area contributed by atoms with Gasteiger partial charge in [-0.25, -0.2) is 13.2 Å². The average molecular weight is 579 g/mol. The highest BCUT2D eigenvalue weighted by atomic mass is 19.2. The largest absolute Gasteiger partial charge is 0.505 e. The predicted octanol–water partition coefficient (Wildman–Crippen LogP) is 8.25. The van der Waals surface area contributed by atoms with Crippen LogP contribution in [0.25, 0.3) is 0 Å². The third kappa shape index (κ3) is 5.61. The predicted molar refractivity (Wildman–Crippen MR) is 137 cm³/mol. The van der Waals surface area contributed by atoms with Gasteiger partial charge in [0.2, 0.25) is 17.5 Å². The fourth-order valence-corrected chi connectivity index (χ4v) is 6.23. The van der Waals surface area contributed by atoms with Crippen LogP contribution in [0.15, 0.2) is 36.4 Å². The highest BCUT2D eigenvalue weighted by Gasteiger charge is 2.33. The molecule has 0 atom stereocenters. The summed E-state index contributed by atoms with van der Waals surface area (Å²) in [6.07, 6.45) is 2.87. The number of ether oxygens (including phenoxy) is 1. The van der Waals surface area contributed by atoms with E-state index in [1.807, 2.05) is 0 Å². The van der Waals surface area contributed by atoms with Gasteiger partial charge in [0.1, 0.15) is 0 Å². The van der Waals surface area contributed by atoms with Crippen LogP contribution in [0.3, 0.4) is 0 Å². The van der Waals surface area contributed by atoms with Crippen LogP contribution >= 0.6 is 0 Å². The number of rotatable bonds is 5. The lowest BCUT2D eigenvalue weighted by Crippen LogP contribution is -2.26. The lowest BCUT2D eigenvalue weighted by atomic mass is 9.76. The van der Waals surface area contributed by atoms with Crippen LogP contribution in [0.4, 0.5) is 26.3 Å². The standard InChI is InChI=1S/C31H28F6O4/c32-25-19(9-12-22(38)28(25)35)15-1-3-16(4-2-15)21-11-14-24(30(37)27(21)34)41-31(40)18-7-5-17(6-8-18)20-10-13-23(39)29(36)26(20)33/h9-18,38-39H,1-8H2. The normalized spacial score (nSPS) is 22.9. The summed E-state index contributed by atoms with van der Waals surface area (Å²) in [6.45, 7) is 0. The number of benzene rings is 3. The topological polar surface area (TPSA) is 66.8 Å². The second kappa shape index (κ2) is 11.7. The van der Waals surface area contributed by atoms with Gasteiger partial charge in [0, 0.05) is 0 Å². The number of esters is 1. The Bertz CT molecular complexity index is 1460. The van der Waals surface area contributed by atoms with E-state index < -0.39 is 64.0 Å². The smallest absolute Gasteiger partial charge is 0.314 e. The molecule has 2 aliphatic rings. The molecule has 0 bridgehead atoms. The molecule has 0 heterocycles. The van der Waals surface area contributed by atoms with Gasteiger partial charge in [-0.05, 0) is 104 Å². The first-order valence-corrected chi connectivity index (χ1v) is 13.6. The van der Waals surface area contributed by atoms with E-state index in [-0.39, 0.29) is 47.3 Å². The first-order valence-electron chi connectivity index (χ1n) is 13.6. The molecule has 2 aliphatic carbocycles. The van der Waals surface area contributed by atoms with Gasteiger partial charge in [0.15, 0.2) is 34.7 Å². The van der Waals surface area contributed by atoms with Gasteiger partial charge >= 0.3 is 5.97 Å². The first kappa shape index (κ1) is 28.8. The summed E-state index contributed by atoms with van der Waals surface area (Å²) in [4.78, 5) is 12.7. The molecular weight excluding hydrogens is 550 g/mol. The van der Waals surface area contributed by atoms with Crippen molar-refractivity contribution in [1.29, 1.82) is 0 Å². The molecule has 218 valence electrons. The maximum Gasteiger partial charge on any atom is 0.314 e. The number of hydrogen-bond donors (Lipinski definition) is 2. The highest BCUT2D eigenvalue weighted by molar-refractivity contribution is 5.75. The molecule has 0 aromatic heterocycles. The Balaban J connectivity index is 1.19. The maximum absolute atomic E-state index is 15.1. The number of hydrogen-bond acceptors (Lipinski definition) is 4. The zero-order chi connectivity index (χ0) is 29.4. The van der Waals surface area contributed by atoms with E-state index in [2.05, 4.69) is 0 Å². The molecule has 0 radical (unpaired) electrons. The van der Waals surface area contributed by atoms with Gasteiger partial charge in [-0.2, -0.15) is 13.2 Å². The van der Waals surface area contributed by atoms with Gasteiger partial charge in [-0.3, -0.25) is 4.79 Å². The van der Waals surface area contributed by atoms with Gasteiger partial charge in [-0.1, -0.05) is 18.2 Å². The van der Waals surface area contributed by atoms with Crippen molar-refractivity contribution in [1.82, 2.24) is 0 Å². The SMILES string of the molecule is O=C(Oc1ccc(C2CCC(c3ccc(O)c(F)c3F)CC2)c(F)c1F)C1CCC(c2ccc(O)c(F)c2F)CC1. The van der Waals surface area contributed by atoms with E-state index in [0.717, 1.165) is 12.1 Å². The Kier molecular flexibility index (Phi) is 8.20. The minimum Gasteiger partial charge on any atom is -0.505 e. The maximum atomic E-state index is 15.1. The third-order valence-corrected chi connectivity index (χ3v) is 8.58. The van der Waals surface area contributed by atoms with E-state index >= 15 is 4.39 Å². The summed E-state index contributed by atoms with van der Waals surface area (Å²) < 4.78 is 91.3. The molecule has 2 fully saturated rings. The average Bonchev–Trinajstić information content (AvgIpc) is 2.98. The third-order valence-electron chi connectivity index (χ3n) is 8.58. The lowest BCUT2D eigenvalue weighted by Gasteiger charge is -2.30. The van der Waals surface area contributed by atoms with Crippen molar-refractivity contribution < 1.29 is 46.1 Å². The monoisotopic (exact) mass is 578 g/mol. The van der Waals surface area contributed by atoms with Gasteiger partial charge in [0.25, 0.3) is 0 Å². The number of phenols is 2. The zero-order valence-electron chi connectivity index (χ0n) is 21.9. The van der Waals surface area contributed by atoms with Crippen LogP contribution in [0.5, 0.6) is 17.2 Å². The summed E-state index contributed by atoms with van der Waals surface area (Å²) in [6, 6.07) is 7.39. The number of carbonyl (C=O) groups excluding carboxylic acids is 1. The molecule has 0 unspecified atom stereocenters. The lowest BCUT2D eigenvalue weighted by molar-refractivity contribution is -0.140. The quantitative estimate of drug-likeness (QED) is 0.182.